The van der Waals surface area contributed by atoms with Crippen molar-refractivity contribution in [3.05, 3.63) is 54.4 Å². The van der Waals surface area contributed by atoms with Gasteiger partial charge in [-0.05, 0) is 48.7 Å². The maximum absolute atomic E-state index is 12.4. The van der Waals surface area contributed by atoms with Gasteiger partial charge in [0.05, 0.1) is 12.8 Å². The molecule has 0 unspecified atom stereocenters. The fourth-order valence-corrected chi connectivity index (χ4v) is 3.81. The molecule has 1 aliphatic heterocycles. The molecule has 1 N–H and O–H groups in total. The Bertz CT molecular complexity index is 864. The lowest BCUT2D eigenvalue weighted by Gasteiger charge is -2.20. The van der Waals surface area contributed by atoms with E-state index in [2.05, 4.69) is 15.2 Å². The van der Waals surface area contributed by atoms with E-state index in [0.29, 0.717) is 5.69 Å². The van der Waals surface area contributed by atoms with Gasteiger partial charge in [-0.1, -0.05) is 6.07 Å². The number of anilines is 2. The van der Waals surface area contributed by atoms with E-state index in [4.69, 9.17) is 0 Å². The maximum Gasteiger partial charge on any atom is 0.239 e. The van der Waals surface area contributed by atoms with Crippen molar-refractivity contribution in [1.29, 1.82) is 0 Å². The third kappa shape index (κ3) is 5.51. The number of rotatable bonds is 7. The highest BCUT2D eigenvalue weighted by atomic mass is 32.2. The van der Waals surface area contributed by atoms with E-state index >= 15 is 0 Å². The minimum atomic E-state index is -3.53. The molecule has 0 bridgehead atoms. The number of hydrogen-bond donors (Lipinski definition) is 1. The summed E-state index contributed by atoms with van der Waals surface area (Å²) in [4.78, 5) is 18.6. The third-order valence-electron chi connectivity index (χ3n) is 4.49. The van der Waals surface area contributed by atoms with Gasteiger partial charge in [-0.15, -0.1) is 0 Å². The summed E-state index contributed by atoms with van der Waals surface area (Å²) in [6.45, 7) is 1.97. The molecular formula is C19H24N4O3S. The number of pyridine rings is 1. The van der Waals surface area contributed by atoms with Crippen LogP contribution in [0.4, 0.5) is 11.4 Å². The zero-order valence-corrected chi connectivity index (χ0v) is 16.2. The van der Waals surface area contributed by atoms with E-state index in [1.807, 2.05) is 24.3 Å². The van der Waals surface area contributed by atoms with E-state index in [0.717, 1.165) is 34.9 Å². The third-order valence-corrected chi connectivity index (χ3v) is 5.69. The molecule has 27 heavy (non-hydrogen) atoms. The van der Waals surface area contributed by atoms with E-state index in [1.165, 1.54) is 12.8 Å². The summed E-state index contributed by atoms with van der Waals surface area (Å²) in [5.41, 5.74) is 2.52. The van der Waals surface area contributed by atoms with E-state index in [1.54, 1.807) is 24.5 Å². The van der Waals surface area contributed by atoms with E-state index in [-0.39, 0.29) is 19.0 Å². The van der Waals surface area contributed by atoms with Crippen LogP contribution in [0, 0.1) is 0 Å². The highest BCUT2D eigenvalue weighted by molar-refractivity contribution is 7.88. The number of carbonyl (C=O) groups is 1. The van der Waals surface area contributed by atoms with Crippen LogP contribution in [0.15, 0.2) is 48.8 Å². The highest BCUT2D eigenvalue weighted by Gasteiger charge is 2.21. The van der Waals surface area contributed by atoms with Gasteiger partial charge in [0, 0.05) is 43.4 Å². The van der Waals surface area contributed by atoms with Crippen LogP contribution in [0.3, 0.4) is 0 Å². The molecule has 0 radical (unpaired) electrons. The Hall–Kier alpha value is -2.45. The minimum Gasteiger partial charge on any atom is -0.372 e. The van der Waals surface area contributed by atoms with Crippen LogP contribution < -0.4 is 10.2 Å². The summed E-state index contributed by atoms with van der Waals surface area (Å²) < 4.78 is 25.2. The fourth-order valence-electron chi connectivity index (χ4n) is 3.08. The van der Waals surface area contributed by atoms with Gasteiger partial charge >= 0.3 is 0 Å². The second kappa shape index (κ2) is 8.49. The first-order chi connectivity index (χ1) is 12.9. The lowest BCUT2D eigenvalue weighted by Crippen LogP contribution is -2.36. The SMILES string of the molecule is CS(=O)(=O)N(CC(=O)Nc1ccc(N2CCCC2)cc1)Cc1cccnc1. The number of sulfonamides is 1. The lowest BCUT2D eigenvalue weighted by atomic mass is 10.2. The van der Waals surface area contributed by atoms with Crippen LogP contribution in [0.5, 0.6) is 0 Å². The van der Waals surface area contributed by atoms with Crippen molar-refractivity contribution in [1.82, 2.24) is 9.29 Å². The molecule has 1 amide bonds. The first kappa shape index (κ1) is 19.3. The summed E-state index contributed by atoms with van der Waals surface area (Å²) in [5.74, 6) is -0.377. The Kier molecular flexibility index (Phi) is 6.08. The number of nitrogens with one attached hydrogen (secondary N) is 1. The molecule has 0 aliphatic carbocycles. The van der Waals surface area contributed by atoms with Crippen molar-refractivity contribution in [3.63, 3.8) is 0 Å². The fraction of sp³-hybridized carbons (Fsp3) is 0.368. The summed E-state index contributed by atoms with van der Waals surface area (Å²) in [7, 11) is -3.53. The Morgan fingerprint density at radius 3 is 2.48 bits per heavy atom. The second-order valence-corrected chi connectivity index (χ2v) is 8.66. The van der Waals surface area contributed by atoms with Gasteiger partial charge in [0.25, 0.3) is 0 Å². The van der Waals surface area contributed by atoms with Crippen LogP contribution >= 0.6 is 0 Å². The normalized spacial score (nSPS) is 14.5. The Morgan fingerprint density at radius 2 is 1.89 bits per heavy atom. The molecule has 7 nitrogen and oxygen atoms in total. The summed E-state index contributed by atoms with van der Waals surface area (Å²) >= 11 is 0. The number of nitrogens with zero attached hydrogens (tertiary/aromatic N) is 3. The Labute approximate surface area is 160 Å². The lowest BCUT2D eigenvalue weighted by molar-refractivity contribution is -0.116. The number of amides is 1. The van der Waals surface area contributed by atoms with Gasteiger partial charge in [0.15, 0.2) is 0 Å². The highest BCUT2D eigenvalue weighted by Crippen LogP contribution is 2.22. The molecule has 1 fully saturated rings. The standard InChI is InChI=1S/C19H24N4O3S/c1-27(25,26)23(14-16-5-4-10-20-13-16)15-19(24)21-17-6-8-18(9-7-17)22-11-2-3-12-22/h4-10,13H,2-3,11-12,14-15H2,1H3,(H,21,24). The molecule has 1 saturated heterocycles. The van der Waals surface area contributed by atoms with Crippen molar-refractivity contribution in [2.45, 2.75) is 19.4 Å². The number of aromatic nitrogens is 1. The molecule has 1 aromatic carbocycles. The maximum atomic E-state index is 12.4. The largest absolute Gasteiger partial charge is 0.372 e. The van der Waals surface area contributed by atoms with Gasteiger partial charge in [-0.25, -0.2) is 8.42 Å². The monoisotopic (exact) mass is 388 g/mol. The predicted molar refractivity (Wildman–Crippen MR) is 106 cm³/mol. The van der Waals surface area contributed by atoms with Crippen molar-refractivity contribution in [3.8, 4) is 0 Å². The summed E-state index contributed by atoms with van der Waals surface area (Å²) in [5, 5.41) is 2.77. The Balaban J connectivity index is 1.62. The van der Waals surface area contributed by atoms with Crippen LogP contribution in [-0.4, -0.2) is 49.5 Å². The average Bonchev–Trinajstić information content (AvgIpc) is 3.16. The van der Waals surface area contributed by atoms with Crippen LogP contribution in [0.25, 0.3) is 0 Å². The average molecular weight is 388 g/mol. The molecule has 1 aliphatic rings. The zero-order valence-electron chi connectivity index (χ0n) is 15.3. The smallest absolute Gasteiger partial charge is 0.239 e. The minimum absolute atomic E-state index is 0.105. The number of carbonyl (C=O) groups excluding carboxylic acids is 1. The second-order valence-electron chi connectivity index (χ2n) is 6.68. The van der Waals surface area contributed by atoms with Gasteiger partial charge in [0.1, 0.15) is 0 Å². The van der Waals surface area contributed by atoms with Crippen molar-refractivity contribution >= 4 is 27.3 Å². The molecular weight excluding hydrogens is 364 g/mol. The molecule has 0 saturated carbocycles. The Morgan fingerprint density at radius 1 is 1.19 bits per heavy atom. The molecule has 8 heteroatoms. The van der Waals surface area contributed by atoms with Gasteiger partial charge < -0.3 is 10.2 Å². The van der Waals surface area contributed by atoms with Crippen LogP contribution in [0.2, 0.25) is 0 Å². The molecule has 1 aromatic heterocycles. The van der Waals surface area contributed by atoms with Crippen molar-refractivity contribution in [2.24, 2.45) is 0 Å². The van der Waals surface area contributed by atoms with Gasteiger partial charge in [0.2, 0.25) is 15.9 Å². The summed E-state index contributed by atoms with van der Waals surface area (Å²) in [6.07, 6.45) is 6.72. The quantitative estimate of drug-likeness (QED) is 0.785. The van der Waals surface area contributed by atoms with Crippen molar-refractivity contribution < 1.29 is 13.2 Å². The first-order valence-corrected chi connectivity index (χ1v) is 10.8. The molecule has 144 valence electrons. The summed E-state index contributed by atoms with van der Waals surface area (Å²) in [6, 6.07) is 11.2. The molecule has 0 spiro atoms. The molecule has 2 heterocycles. The molecule has 0 atom stereocenters. The number of benzene rings is 1. The van der Waals surface area contributed by atoms with Crippen LogP contribution in [0.1, 0.15) is 18.4 Å². The van der Waals surface area contributed by atoms with Crippen molar-refractivity contribution in [2.75, 3.05) is 36.1 Å². The number of hydrogen-bond acceptors (Lipinski definition) is 5. The van der Waals surface area contributed by atoms with Gasteiger partial charge in [-0.3, -0.25) is 9.78 Å². The first-order valence-electron chi connectivity index (χ1n) is 8.91. The van der Waals surface area contributed by atoms with Crippen LogP contribution in [-0.2, 0) is 21.4 Å². The van der Waals surface area contributed by atoms with Gasteiger partial charge in [-0.2, -0.15) is 4.31 Å². The molecule has 2 aromatic rings. The topological polar surface area (TPSA) is 82.6 Å². The van der Waals surface area contributed by atoms with E-state index < -0.39 is 10.0 Å². The zero-order chi connectivity index (χ0) is 19.3. The predicted octanol–water partition coefficient (Wildman–Crippen LogP) is 2.08. The molecule has 3 rings (SSSR count). The van der Waals surface area contributed by atoms with E-state index in [9.17, 15) is 13.2 Å².